The van der Waals surface area contributed by atoms with E-state index in [0.29, 0.717) is 13.2 Å². The van der Waals surface area contributed by atoms with Crippen molar-refractivity contribution in [2.75, 3.05) is 19.8 Å². The minimum atomic E-state index is -0.214. The molecular weight excluding hydrogens is 210 g/mol. The van der Waals surface area contributed by atoms with Crippen LogP contribution in [-0.2, 0) is 9.53 Å². The van der Waals surface area contributed by atoms with Crippen LogP contribution in [-0.4, -0.2) is 30.9 Å². The molecule has 0 aromatic heterocycles. The molecule has 4 heteroatoms. The molecule has 15 heavy (non-hydrogen) atoms. The Bertz CT molecular complexity index is 205. The second kappa shape index (κ2) is 6.38. The van der Waals surface area contributed by atoms with Gasteiger partial charge in [-0.3, -0.25) is 4.79 Å². The van der Waals surface area contributed by atoms with Gasteiger partial charge in [0, 0.05) is 13.2 Å². The van der Waals surface area contributed by atoms with Crippen molar-refractivity contribution >= 4 is 18.5 Å². The maximum Gasteiger partial charge on any atom is 0.233 e. The highest BCUT2D eigenvalue weighted by Crippen LogP contribution is 2.28. The van der Waals surface area contributed by atoms with Gasteiger partial charge in [-0.25, -0.2) is 0 Å². The van der Waals surface area contributed by atoms with Crippen LogP contribution in [0.3, 0.4) is 0 Å². The van der Waals surface area contributed by atoms with Gasteiger partial charge in [-0.05, 0) is 24.7 Å². The fourth-order valence-electron chi connectivity index (χ4n) is 1.19. The summed E-state index contributed by atoms with van der Waals surface area (Å²) in [6, 6.07) is 0. The molecule has 1 aliphatic carbocycles. The third kappa shape index (κ3) is 5.42. The van der Waals surface area contributed by atoms with Gasteiger partial charge in [0.25, 0.3) is 0 Å². The van der Waals surface area contributed by atoms with Crippen LogP contribution in [0.1, 0.15) is 26.7 Å². The summed E-state index contributed by atoms with van der Waals surface area (Å²) in [6.07, 6.45) is 2.61. The normalized spacial score (nSPS) is 17.9. The Morgan fingerprint density at radius 3 is 2.73 bits per heavy atom. The monoisotopic (exact) mass is 231 g/mol. The summed E-state index contributed by atoms with van der Waals surface area (Å²) in [4.78, 5) is 11.5. The molecule has 1 aliphatic rings. The SMILES string of the molecule is CC(C)C(S)C(=O)NCCOCC1CC1. The van der Waals surface area contributed by atoms with E-state index in [0.717, 1.165) is 12.5 Å². The van der Waals surface area contributed by atoms with E-state index in [2.05, 4.69) is 17.9 Å². The molecule has 1 N–H and O–H groups in total. The summed E-state index contributed by atoms with van der Waals surface area (Å²) >= 11 is 4.23. The molecule has 0 aliphatic heterocycles. The first-order valence-corrected chi connectivity index (χ1v) is 6.16. The van der Waals surface area contributed by atoms with Gasteiger partial charge in [0.2, 0.25) is 5.91 Å². The first-order chi connectivity index (χ1) is 7.11. The number of hydrogen-bond acceptors (Lipinski definition) is 3. The van der Waals surface area contributed by atoms with Crippen LogP contribution in [0.15, 0.2) is 0 Å². The zero-order chi connectivity index (χ0) is 11.3. The molecular formula is C11H21NO2S. The Kier molecular flexibility index (Phi) is 5.47. The molecule has 0 radical (unpaired) electrons. The summed E-state index contributed by atoms with van der Waals surface area (Å²) < 4.78 is 5.41. The highest BCUT2D eigenvalue weighted by molar-refractivity contribution is 7.81. The molecule has 0 aromatic carbocycles. The molecule has 0 bridgehead atoms. The number of thiol groups is 1. The number of nitrogens with one attached hydrogen (secondary N) is 1. The fourth-order valence-corrected chi connectivity index (χ4v) is 1.28. The average Bonchev–Trinajstić information content (AvgIpc) is 2.99. The summed E-state index contributed by atoms with van der Waals surface area (Å²) in [5.41, 5.74) is 0. The van der Waals surface area contributed by atoms with Gasteiger partial charge in [-0.1, -0.05) is 13.8 Å². The Balaban J connectivity index is 1.95. The van der Waals surface area contributed by atoms with Crippen LogP contribution in [0.2, 0.25) is 0 Å². The number of rotatable bonds is 7. The van der Waals surface area contributed by atoms with Gasteiger partial charge in [0.15, 0.2) is 0 Å². The zero-order valence-corrected chi connectivity index (χ0v) is 10.4. The molecule has 0 spiro atoms. The van der Waals surface area contributed by atoms with Gasteiger partial charge in [0.05, 0.1) is 11.9 Å². The summed E-state index contributed by atoms with van der Waals surface area (Å²) in [5, 5.41) is 2.60. The van der Waals surface area contributed by atoms with Crippen molar-refractivity contribution in [3.63, 3.8) is 0 Å². The number of carbonyl (C=O) groups excluding carboxylic acids is 1. The Morgan fingerprint density at radius 2 is 2.20 bits per heavy atom. The minimum Gasteiger partial charge on any atom is -0.379 e. The van der Waals surface area contributed by atoms with E-state index >= 15 is 0 Å². The molecule has 1 amide bonds. The van der Waals surface area contributed by atoms with Gasteiger partial charge in [-0.2, -0.15) is 12.6 Å². The highest BCUT2D eigenvalue weighted by atomic mass is 32.1. The second-order valence-corrected chi connectivity index (χ2v) is 5.05. The second-order valence-electron chi connectivity index (χ2n) is 4.50. The van der Waals surface area contributed by atoms with E-state index in [-0.39, 0.29) is 17.1 Å². The van der Waals surface area contributed by atoms with Crippen molar-refractivity contribution < 1.29 is 9.53 Å². The maximum absolute atomic E-state index is 11.5. The first kappa shape index (κ1) is 12.8. The molecule has 1 unspecified atom stereocenters. The van der Waals surface area contributed by atoms with E-state index in [4.69, 9.17) is 4.74 Å². The lowest BCUT2D eigenvalue weighted by molar-refractivity contribution is -0.121. The number of carbonyl (C=O) groups is 1. The lowest BCUT2D eigenvalue weighted by Crippen LogP contribution is -2.36. The van der Waals surface area contributed by atoms with Crippen molar-refractivity contribution in [3.05, 3.63) is 0 Å². The van der Waals surface area contributed by atoms with Gasteiger partial charge in [0.1, 0.15) is 0 Å². The quantitative estimate of drug-likeness (QED) is 0.514. The zero-order valence-electron chi connectivity index (χ0n) is 9.53. The van der Waals surface area contributed by atoms with Crippen molar-refractivity contribution in [3.8, 4) is 0 Å². The van der Waals surface area contributed by atoms with Crippen molar-refractivity contribution in [2.45, 2.75) is 31.9 Å². The highest BCUT2D eigenvalue weighted by Gasteiger charge is 2.21. The van der Waals surface area contributed by atoms with Crippen LogP contribution in [0.25, 0.3) is 0 Å². The van der Waals surface area contributed by atoms with Crippen LogP contribution in [0.4, 0.5) is 0 Å². The molecule has 0 aromatic rings. The fraction of sp³-hybridized carbons (Fsp3) is 0.909. The van der Waals surface area contributed by atoms with Crippen molar-refractivity contribution in [1.82, 2.24) is 5.32 Å². The van der Waals surface area contributed by atoms with Crippen LogP contribution < -0.4 is 5.32 Å². The van der Waals surface area contributed by atoms with E-state index in [9.17, 15) is 4.79 Å². The molecule has 88 valence electrons. The number of ether oxygens (including phenoxy) is 1. The topological polar surface area (TPSA) is 38.3 Å². The standard InChI is InChI=1S/C11H21NO2S/c1-8(2)10(15)11(13)12-5-6-14-7-9-3-4-9/h8-10,15H,3-7H2,1-2H3,(H,12,13). The lowest BCUT2D eigenvalue weighted by Gasteiger charge is -2.14. The van der Waals surface area contributed by atoms with Crippen LogP contribution in [0, 0.1) is 11.8 Å². The molecule has 1 atom stereocenters. The molecule has 3 nitrogen and oxygen atoms in total. The van der Waals surface area contributed by atoms with E-state index in [1.807, 2.05) is 13.8 Å². The Hall–Kier alpha value is -0.220. The third-order valence-corrected chi connectivity index (χ3v) is 3.33. The molecule has 1 rings (SSSR count). The average molecular weight is 231 g/mol. The molecule has 1 saturated carbocycles. The number of amides is 1. The predicted molar refractivity (Wildman–Crippen MR) is 64.2 cm³/mol. The van der Waals surface area contributed by atoms with Crippen molar-refractivity contribution in [1.29, 1.82) is 0 Å². The predicted octanol–water partition coefficient (Wildman–Crippen LogP) is 1.48. The minimum absolute atomic E-state index is 0.00311. The smallest absolute Gasteiger partial charge is 0.233 e. The van der Waals surface area contributed by atoms with Crippen molar-refractivity contribution in [2.24, 2.45) is 11.8 Å². The summed E-state index contributed by atoms with van der Waals surface area (Å²) in [6.45, 7) is 6.03. The van der Waals surface area contributed by atoms with Crippen LogP contribution >= 0.6 is 12.6 Å². The Labute approximate surface area is 97.4 Å². The molecule has 0 heterocycles. The first-order valence-electron chi connectivity index (χ1n) is 5.64. The van der Waals surface area contributed by atoms with Gasteiger partial charge < -0.3 is 10.1 Å². The van der Waals surface area contributed by atoms with E-state index in [1.165, 1.54) is 12.8 Å². The summed E-state index contributed by atoms with van der Waals surface area (Å²) in [5.74, 6) is 1.05. The van der Waals surface area contributed by atoms with E-state index < -0.39 is 0 Å². The van der Waals surface area contributed by atoms with Gasteiger partial charge >= 0.3 is 0 Å². The number of hydrogen-bond donors (Lipinski definition) is 2. The van der Waals surface area contributed by atoms with Crippen LogP contribution in [0.5, 0.6) is 0 Å². The molecule has 1 fully saturated rings. The lowest BCUT2D eigenvalue weighted by atomic mass is 10.1. The van der Waals surface area contributed by atoms with Gasteiger partial charge in [-0.15, -0.1) is 0 Å². The third-order valence-electron chi connectivity index (χ3n) is 2.50. The maximum atomic E-state index is 11.5. The Morgan fingerprint density at radius 1 is 1.53 bits per heavy atom. The largest absolute Gasteiger partial charge is 0.379 e. The van der Waals surface area contributed by atoms with E-state index in [1.54, 1.807) is 0 Å². The molecule has 0 saturated heterocycles. The summed E-state index contributed by atoms with van der Waals surface area (Å²) in [7, 11) is 0.